The van der Waals surface area contributed by atoms with Gasteiger partial charge in [-0.25, -0.2) is 4.57 Å². The second kappa shape index (κ2) is 16.2. The Morgan fingerprint density at radius 1 is 1.00 bits per heavy atom. The van der Waals surface area contributed by atoms with Crippen molar-refractivity contribution in [2.24, 2.45) is 0 Å². The highest BCUT2D eigenvalue weighted by atomic mass is 31.2. The van der Waals surface area contributed by atoms with Gasteiger partial charge < -0.3 is 19.8 Å². The van der Waals surface area contributed by atoms with Crippen LogP contribution in [0, 0.1) is 0 Å². The molecule has 8 nitrogen and oxygen atoms in total. The fraction of sp³-hybridized carbons (Fsp3) is 0.952. The second-order valence-corrected chi connectivity index (χ2v) is 10.5. The fourth-order valence-electron chi connectivity index (χ4n) is 2.86. The third-order valence-electron chi connectivity index (χ3n) is 4.86. The van der Waals surface area contributed by atoms with Crippen molar-refractivity contribution in [3.63, 3.8) is 0 Å². The fourth-order valence-corrected chi connectivity index (χ4v) is 3.60. The van der Waals surface area contributed by atoms with E-state index in [0.717, 1.165) is 51.4 Å². The highest BCUT2D eigenvalue weighted by Crippen LogP contribution is 2.43. The summed E-state index contributed by atoms with van der Waals surface area (Å²) in [5, 5.41) is 13.3. The summed E-state index contributed by atoms with van der Waals surface area (Å²) in [7, 11) is 1.60. The molecule has 1 amide bonds. The van der Waals surface area contributed by atoms with Crippen molar-refractivity contribution >= 4 is 13.7 Å². The van der Waals surface area contributed by atoms with Gasteiger partial charge in [-0.15, -0.1) is 0 Å². The Hall–Kier alpha value is -0.500. The van der Waals surface area contributed by atoms with Crippen LogP contribution in [0.5, 0.6) is 0 Å². The number of nitrogens with zero attached hydrogens (tertiary/aromatic N) is 1. The molecule has 0 aliphatic carbocycles. The first-order chi connectivity index (χ1) is 14.0. The zero-order valence-corrected chi connectivity index (χ0v) is 20.7. The summed E-state index contributed by atoms with van der Waals surface area (Å²) >= 11 is 0. The number of likely N-dealkylation sites (N-methyl/N-ethyl adjacent to an activating group) is 1. The van der Waals surface area contributed by atoms with E-state index in [1.54, 1.807) is 0 Å². The molecule has 3 atom stereocenters. The zero-order valence-electron chi connectivity index (χ0n) is 19.8. The van der Waals surface area contributed by atoms with E-state index < -0.39 is 20.0 Å². The molecule has 0 aliphatic rings. The number of aliphatic hydroxyl groups is 1. The lowest BCUT2D eigenvalue weighted by Gasteiger charge is -2.26. The predicted octanol–water partition coefficient (Wildman–Crippen LogP) is 3.61. The van der Waals surface area contributed by atoms with Crippen LogP contribution in [-0.2, 0) is 18.4 Å². The standard InChI is InChI=1S/C21H45N2O6P/c1-6-8-10-11-13-14-20(24)19(22-21(25)15-12-9-7-2)18-29-30(26,27)28-17-16-23(3,4)5/h19-20,24H,6-18H2,1-5H3,(H-,22,25,26,27)/p+1/t19-,20-/m0/s1. The molecule has 0 rings (SSSR count). The second-order valence-electron chi connectivity index (χ2n) is 9.01. The first kappa shape index (κ1) is 29.5. The molecule has 0 aromatic carbocycles. The largest absolute Gasteiger partial charge is 0.472 e. The molecule has 0 aromatic heterocycles. The van der Waals surface area contributed by atoms with Crippen LogP contribution in [0.4, 0.5) is 0 Å². The molecule has 3 N–H and O–H groups in total. The summed E-state index contributed by atoms with van der Waals surface area (Å²) in [6.45, 7) is 4.56. The minimum atomic E-state index is -4.25. The minimum Gasteiger partial charge on any atom is -0.391 e. The van der Waals surface area contributed by atoms with Crippen LogP contribution in [0.1, 0.15) is 78.1 Å². The number of hydrogen-bond acceptors (Lipinski definition) is 5. The summed E-state index contributed by atoms with van der Waals surface area (Å²) in [4.78, 5) is 22.1. The van der Waals surface area contributed by atoms with Crippen LogP contribution in [-0.4, -0.2) is 73.4 Å². The molecule has 0 bridgehead atoms. The average molecular weight is 454 g/mol. The topological polar surface area (TPSA) is 105 Å². The molecule has 1 unspecified atom stereocenters. The average Bonchev–Trinajstić information content (AvgIpc) is 2.63. The molecule has 0 spiro atoms. The maximum absolute atomic E-state index is 12.2. The Kier molecular flexibility index (Phi) is 15.9. The first-order valence-corrected chi connectivity index (χ1v) is 12.9. The number of quaternary nitrogens is 1. The van der Waals surface area contributed by atoms with Gasteiger partial charge in [-0.2, -0.15) is 0 Å². The number of carbonyl (C=O) groups excluding carboxylic acids is 1. The van der Waals surface area contributed by atoms with Crippen LogP contribution in [0.2, 0.25) is 0 Å². The highest BCUT2D eigenvalue weighted by molar-refractivity contribution is 7.47. The molecule has 0 heterocycles. The van der Waals surface area contributed by atoms with Gasteiger partial charge in [0.15, 0.2) is 0 Å². The van der Waals surface area contributed by atoms with E-state index in [2.05, 4.69) is 19.2 Å². The van der Waals surface area contributed by atoms with Crippen molar-refractivity contribution in [1.29, 1.82) is 0 Å². The number of phosphoric ester groups is 1. The van der Waals surface area contributed by atoms with E-state index in [9.17, 15) is 19.4 Å². The molecule has 0 radical (unpaired) electrons. The molecule has 30 heavy (non-hydrogen) atoms. The monoisotopic (exact) mass is 453 g/mol. The maximum Gasteiger partial charge on any atom is 0.472 e. The summed E-state index contributed by atoms with van der Waals surface area (Å²) < 4.78 is 22.9. The Labute approximate surface area is 183 Å². The number of amides is 1. The number of phosphoric acid groups is 1. The van der Waals surface area contributed by atoms with Gasteiger partial charge in [0.2, 0.25) is 5.91 Å². The summed E-state index contributed by atoms with van der Waals surface area (Å²) in [5.41, 5.74) is 0. The van der Waals surface area contributed by atoms with Crippen molar-refractivity contribution in [3.05, 3.63) is 0 Å². The maximum atomic E-state index is 12.2. The van der Waals surface area contributed by atoms with Crippen molar-refractivity contribution in [1.82, 2.24) is 5.32 Å². The van der Waals surface area contributed by atoms with Crippen LogP contribution >= 0.6 is 7.82 Å². The van der Waals surface area contributed by atoms with Gasteiger partial charge in [0.25, 0.3) is 0 Å². The molecule has 0 fully saturated rings. The summed E-state index contributed by atoms with van der Waals surface area (Å²) in [5.74, 6) is -0.180. The third kappa shape index (κ3) is 17.2. The van der Waals surface area contributed by atoms with E-state index in [0.29, 0.717) is 23.9 Å². The summed E-state index contributed by atoms with van der Waals surface area (Å²) in [6.07, 6.45) is 8.04. The molecule has 9 heteroatoms. The molecular formula is C21H46N2O6P+. The molecule has 0 saturated heterocycles. The quantitative estimate of drug-likeness (QED) is 0.157. The lowest BCUT2D eigenvalue weighted by atomic mass is 10.0. The lowest BCUT2D eigenvalue weighted by Crippen LogP contribution is -2.46. The Morgan fingerprint density at radius 2 is 1.60 bits per heavy atom. The van der Waals surface area contributed by atoms with Gasteiger partial charge in [0.1, 0.15) is 13.2 Å². The lowest BCUT2D eigenvalue weighted by molar-refractivity contribution is -0.870. The predicted molar refractivity (Wildman–Crippen MR) is 120 cm³/mol. The van der Waals surface area contributed by atoms with Crippen LogP contribution < -0.4 is 5.32 Å². The Bertz CT molecular complexity index is 498. The molecule has 0 aliphatic heterocycles. The van der Waals surface area contributed by atoms with E-state index in [1.165, 1.54) is 0 Å². The Morgan fingerprint density at radius 3 is 2.20 bits per heavy atom. The first-order valence-electron chi connectivity index (χ1n) is 11.4. The van der Waals surface area contributed by atoms with E-state index in [-0.39, 0.29) is 19.1 Å². The van der Waals surface area contributed by atoms with Crippen LogP contribution in [0.3, 0.4) is 0 Å². The number of carbonyl (C=O) groups is 1. The molecular weight excluding hydrogens is 407 g/mol. The third-order valence-corrected chi connectivity index (χ3v) is 5.84. The van der Waals surface area contributed by atoms with Gasteiger partial charge in [-0.3, -0.25) is 13.8 Å². The molecule has 0 aromatic rings. The SMILES string of the molecule is CCCCCCC[C@H](O)[C@H](COP(=O)(O)OCC[N+](C)(C)C)NC(=O)CCCCC. The van der Waals surface area contributed by atoms with Gasteiger partial charge in [-0.05, 0) is 12.8 Å². The van der Waals surface area contributed by atoms with Crippen molar-refractivity contribution < 1.29 is 32.9 Å². The Balaban J connectivity index is 4.68. The van der Waals surface area contributed by atoms with Gasteiger partial charge in [0, 0.05) is 6.42 Å². The normalized spacial score (nSPS) is 16.1. The van der Waals surface area contributed by atoms with Gasteiger partial charge in [0.05, 0.1) is 39.9 Å². The van der Waals surface area contributed by atoms with E-state index >= 15 is 0 Å². The number of hydrogen-bond donors (Lipinski definition) is 3. The van der Waals surface area contributed by atoms with E-state index in [1.807, 2.05) is 21.1 Å². The van der Waals surface area contributed by atoms with Crippen molar-refractivity contribution in [2.75, 3.05) is 40.9 Å². The number of unbranched alkanes of at least 4 members (excludes halogenated alkanes) is 6. The van der Waals surface area contributed by atoms with Gasteiger partial charge >= 0.3 is 7.82 Å². The number of rotatable bonds is 19. The van der Waals surface area contributed by atoms with E-state index in [4.69, 9.17) is 9.05 Å². The minimum absolute atomic E-state index is 0.0747. The van der Waals surface area contributed by atoms with Gasteiger partial charge in [-0.1, -0.05) is 58.8 Å². The van der Waals surface area contributed by atoms with Crippen molar-refractivity contribution in [3.8, 4) is 0 Å². The molecule has 0 saturated carbocycles. The summed E-state index contributed by atoms with van der Waals surface area (Å²) in [6, 6.07) is -0.743. The van der Waals surface area contributed by atoms with Crippen LogP contribution in [0.15, 0.2) is 0 Å². The van der Waals surface area contributed by atoms with Crippen LogP contribution in [0.25, 0.3) is 0 Å². The number of aliphatic hydroxyl groups excluding tert-OH is 1. The van der Waals surface area contributed by atoms with Crippen molar-refractivity contribution in [2.45, 2.75) is 90.2 Å². The smallest absolute Gasteiger partial charge is 0.391 e. The molecule has 180 valence electrons. The zero-order chi connectivity index (χ0) is 23.0. The number of nitrogens with one attached hydrogen (secondary N) is 1. The highest BCUT2D eigenvalue weighted by Gasteiger charge is 2.28.